The van der Waals surface area contributed by atoms with Gasteiger partial charge in [-0.2, -0.15) is 0 Å². The van der Waals surface area contributed by atoms with Crippen LogP contribution in [-0.2, 0) is 6.42 Å². The van der Waals surface area contributed by atoms with Gasteiger partial charge in [0.05, 0.1) is 11.3 Å². The van der Waals surface area contributed by atoms with E-state index in [9.17, 15) is 0 Å². The van der Waals surface area contributed by atoms with Crippen LogP contribution in [0.1, 0.15) is 24.1 Å². The Bertz CT molecular complexity index is 1020. The van der Waals surface area contributed by atoms with E-state index in [0.717, 1.165) is 24.1 Å². The van der Waals surface area contributed by atoms with E-state index in [1.54, 1.807) is 18.3 Å². The molecule has 0 aliphatic heterocycles. The van der Waals surface area contributed by atoms with Crippen molar-refractivity contribution >= 4 is 11.6 Å². The molecule has 0 saturated carbocycles. The third kappa shape index (κ3) is 4.20. The van der Waals surface area contributed by atoms with Crippen LogP contribution >= 0.6 is 0 Å². The molecule has 28 heavy (non-hydrogen) atoms. The maximum absolute atomic E-state index is 5.90. The fourth-order valence-electron chi connectivity index (χ4n) is 2.97. The molecule has 3 aromatic rings. The van der Waals surface area contributed by atoms with Crippen LogP contribution in [0.3, 0.4) is 0 Å². The standard InChI is InChI=1S/C21H21N5O2/c22-19-8-7-17(21(23)25-19)18-11-16(26-28-18)10-15-6-9-20(24-12-15)27-13-14-4-2-1-3-5-14/h1-2,4,6-9,11-12H,3,5,10,13H2,(H4,22,23,25). The van der Waals surface area contributed by atoms with E-state index in [0.29, 0.717) is 41.9 Å². The summed E-state index contributed by atoms with van der Waals surface area (Å²) in [4.78, 5) is 8.42. The van der Waals surface area contributed by atoms with Crippen LogP contribution in [0.2, 0.25) is 0 Å². The van der Waals surface area contributed by atoms with Gasteiger partial charge in [0.25, 0.3) is 0 Å². The van der Waals surface area contributed by atoms with Gasteiger partial charge in [-0.1, -0.05) is 29.5 Å². The third-order valence-corrected chi connectivity index (χ3v) is 4.46. The zero-order chi connectivity index (χ0) is 19.3. The number of nitrogens with zero attached hydrogens (tertiary/aromatic N) is 3. The van der Waals surface area contributed by atoms with Crippen molar-refractivity contribution in [3.63, 3.8) is 0 Å². The van der Waals surface area contributed by atoms with E-state index in [4.69, 9.17) is 20.7 Å². The Morgan fingerprint density at radius 1 is 1.14 bits per heavy atom. The van der Waals surface area contributed by atoms with Crippen LogP contribution in [-0.4, -0.2) is 21.7 Å². The van der Waals surface area contributed by atoms with Crippen LogP contribution in [0.15, 0.2) is 64.9 Å². The molecule has 4 rings (SSSR count). The summed E-state index contributed by atoms with van der Waals surface area (Å²) in [6.07, 6.45) is 10.8. The molecule has 142 valence electrons. The lowest BCUT2D eigenvalue weighted by atomic mass is 10.1. The van der Waals surface area contributed by atoms with Crippen LogP contribution in [0, 0.1) is 0 Å². The Morgan fingerprint density at radius 3 is 2.82 bits per heavy atom. The molecule has 0 bridgehead atoms. The molecule has 3 aromatic heterocycles. The second kappa shape index (κ2) is 7.96. The number of hydrogen-bond acceptors (Lipinski definition) is 7. The Labute approximate surface area is 162 Å². The predicted molar refractivity (Wildman–Crippen MR) is 108 cm³/mol. The summed E-state index contributed by atoms with van der Waals surface area (Å²) in [5.74, 6) is 1.85. The Morgan fingerprint density at radius 2 is 2.07 bits per heavy atom. The van der Waals surface area contributed by atoms with Crippen LogP contribution < -0.4 is 16.2 Å². The normalized spacial score (nSPS) is 13.4. The van der Waals surface area contributed by atoms with Gasteiger partial charge in [-0.3, -0.25) is 0 Å². The van der Waals surface area contributed by atoms with E-state index in [1.165, 1.54) is 5.57 Å². The van der Waals surface area contributed by atoms with Gasteiger partial charge in [0.2, 0.25) is 5.88 Å². The maximum Gasteiger partial charge on any atom is 0.213 e. The first-order valence-electron chi connectivity index (χ1n) is 9.07. The van der Waals surface area contributed by atoms with Crippen molar-refractivity contribution in [3.8, 4) is 17.2 Å². The van der Waals surface area contributed by atoms with E-state index in [2.05, 4.69) is 33.4 Å². The topological polar surface area (TPSA) is 113 Å². The van der Waals surface area contributed by atoms with Gasteiger partial charge in [0.15, 0.2) is 5.76 Å². The molecule has 0 aromatic carbocycles. The van der Waals surface area contributed by atoms with Crippen molar-refractivity contribution in [1.29, 1.82) is 0 Å². The van der Waals surface area contributed by atoms with Crippen molar-refractivity contribution in [1.82, 2.24) is 15.1 Å². The third-order valence-electron chi connectivity index (χ3n) is 4.46. The molecule has 0 amide bonds. The minimum Gasteiger partial charge on any atom is -0.473 e. The van der Waals surface area contributed by atoms with Crippen LogP contribution in [0.25, 0.3) is 11.3 Å². The molecule has 7 nitrogen and oxygen atoms in total. The second-order valence-corrected chi connectivity index (χ2v) is 6.61. The zero-order valence-electron chi connectivity index (χ0n) is 15.3. The van der Waals surface area contributed by atoms with Crippen molar-refractivity contribution in [2.75, 3.05) is 18.1 Å². The molecule has 1 aliphatic carbocycles. The van der Waals surface area contributed by atoms with Crippen molar-refractivity contribution in [2.45, 2.75) is 19.3 Å². The smallest absolute Gasteiger partial charge is 0.213 e. The largest absolute Gasteiger partial charge is 0.473 e. The highest BCUT2D eigenvalue weighted by molar-refractivity contribution is 5.71. The van der Waals surface area contributed by atoms with Gasteiger partial charge in [-0.05, 0) is 36.1 Å². The summed E-state index contributed by atoms with van der Waals surface area (Å²) in [5, 5.41) is 4.11. The number of hydrogen-bond donors (Lipinski definition) is 2. The average Bonchev–Trinajstić information content (AvgIpc) is 3.16. The predicted octanol–water partition coefficient (Wildman–Crippen LogP) is 3.54. The molecule has 0 saturated heterocycles. The first-order chi connectivity index (χ1) is 13.7. The van der Waals surface area contributed by atoms with E-state index < -0.39 is 0 Å². The molecular weight excluding hydrogens is 354 g/mol. The molecule has 4 N–H and O–H groups in total. The average molecular weight is 375 g/mol. The fraction of sp³-hybridized carbons (Fsp3) is 0.190. The summed E-state index contributed by atoms with van der Waals surface area (Å²) in [7, 11) is 0. The number of allylic oxidation sites excluding steroid dienone is 3. The number of aromatic nitrogens is 3. The van der Waals surface area contributed by atoms with Crippen molar-refractivity contribution in [3.05, 3.63) is 71.6 Å². The SMILES string of the molecule is Nc1ccc(-c2cc(Cc3ccc(OCC4=CC=CCC4)nc3)no2)c(N)n1. The lowest BCUT2D eigenvalue weighted by Crippen LogP contribution is -2.04. The van der Waals surface area contributed by atoms with Gasteiger partial charge >= 0.3 is 0 Å². The number of anilines is 2. The van der Waals surface area contributed by atoms with Crippen LogP contribution in [0.4, 0.5) is 11.6 Å². The zero-order valence-corrected chi connectivity index (χ0v) is 15.3. The van der Waals surface area contributed by atoms with Gasteiger partial charge in [0, 0.05) is 24.8 Å². The van der Waals surface area contributed by atoms with E-state index in [-0.39, 0.29) is 0 Å². The summed E-state index contributed by atoms with van der Waals surface area (Å²) >= 11 is 0. The van der Waals surface area contributed by atoms with E-state index in [1.807, 2.05) is 18.2 Å². The first kappa shape index (κ1) is 17.8. The summed E-state index contributed by atoms with van der Waals surface area (Å²) < 4.78 is 11.2. The monoisotopic (exact) mass is 375 g/mol. The number of nitrogen functional groups attached to an aromatic ring is 2. The molecular formula is C21H21N5O2. The van der Waals surface area contributed by atoms with Crippen molar-refractivity contribution < 1.29 is 9.26 Å². The second-order valence-electron chi connectivity index (χ2n) is 6.61. The molecule has 3 heterocycles. The fourth-order valence-corrected chi connectivity index (χ4v) is 2.97. The quantitative estimate of drug-likeness (QED) is 0.677. The molecule has 0 unspecified atom stereocenters. The summed E-state index contributed by atoms with van der Waals surface area (Å²) in [6.45, 7) is 0.570. The van der Waals surface area contributed by atoms with Gasteiger partial charge in [0.1, 0.15) is 18.2 Å². The Kier molecular flexibility index (Phi) is 5.05. The summed E-state index contributed by atoms with van der Waals surface area (Å²) in [5.41, 5.74) is 15.3. The van der Waals surface area contributed by atoms with Crippen LogP contribution in [0.5, 0.6) is 5.88 Å². The Balaban J connectivity index is 1.39. The molecule has 0 atom stereocenters. The number of rotatable bonds is 6. The Hall–Kier alpha value is -3.61. The minimum atomic E-state index is 0.314. The highest BCUT2D eigenvalue weighted by atomic mass is 16.5. The first-order valence-corrected chi connectivity index (χ1v) is 9.07. The van der Waals surface area contributed by atoms with Crippen molar-refractivity contribution in [2.24, 2.45) is 0 Å². The highest BCUT2D eigenvalue weighted by Gasteiger charge is 2.12. The van der Waals surface area contributed by atoms with Gasteiger partial charge in [-0.15, -0.1) is 0 Å². The molecule has 7 heteroatoms. The number of nitrogens with two attached hydrogens (primary N) is 2. The minimum absolute atomic E-state index is 0.314. The lowest BCUT2D eigenvalue weighted by molar-refractivity contribution is 0.333. The highest BCUT2D eigenvalue weighted by Crippen LogP contribution is 2.26. The molecule has 0 spiro atoms. The maximum atomic E-state index is 5.90. The molecule has 1 aliphatic rings. The molecule has 0 fully saturated rings. The summed E-state index contributed by atoms with van der Waals surface area (Å²) in [6, 6.07) is 9.14. The number of ether oxygens (including phenoxy) is 1. The van der Waals surface area contributed by atoms with E-state index >= 15 is 0 Å². The van der Waals surface area contributed by atoms with Gasteiger partial charge in [-0.25, -0.2) is 9.97 Å². The molecule has 0 radical (unpaired) electrons. The number of pyridine rings is 2. The lowest BCUT2D eigenvalue weighted by Gasteiger charge is -2.10. The van der Waals surface area contributed by atoms with Gasteiger partial charge < -0.3 is 20.7 Å².